The Morgan fingerprint density at radius 3 is 2.27 bits per heavy atom. The molecule has 0 aliphatic carbocycles. The summed E-state index contributed by atoms with van der Waals surface area (Å²) in [6.45, 7) is 27.3. The molecule has 274 valence electrons. The van der Waals surface area contributed by atoms with Crippen molar-refractivity contribution >= 4 is 35.3 Å². The normalized spacial score (nSPS) is 15.8. The molecule has 0 spiro atoms. The molecule has 0 unspecified atom stereocenters. The lowest BCUT2D eigenvalue weighted by Gasteiger charge is -2.39. The molecule has 2 aromatic rings. The number of amides is 1. The number of aliphatic imine (C=N–C) groups is 1. The van der Waals surface area contributed by atoms with E-state index in [0.29, 0.717) is 63.5 Å². The van der Waals surface area contributed by atoms with E-state index >= 15 is 0 Å². The van der Waals surface area contributed by atoms with Gasteiger partial charge in [0.25, 0.3) is 0 Å². The number of amidine groups is 1. The first-order valence-corrected chi connectivity index (χ1v) is 17.7. The maximum absolute atomic E-state index is 12.4. The van der Waals surface area contributed by atoms with E-state index in [-0.39, 0.29) is 16.9 Å². The Bertz CT molecular complexity index is 1520. The molecular formula is C38H60ClN5O5. The first-order valence-electron chi connectivity index (χ1n) is 17.3. The topological polar surface area (TPSA) is 104 Å². The summed E-state index contributed by atoms with van der Waals surface area (Å²) in [7, 11) is 1.67. The van der Waals surface area contributed by atoms with Gasteiger partial charge in [-0.2, -0.15) is 0 Å². The largest absolute Gasteiger partial charge is 0.496 e. The Balaban J connectivity index is 1.48. The number of methoxy groups -OCH3 is 1. The highest BCUT2D eigenvalue weighted by molar-refractivity contribution is 6.45. The number of benzene rings is 1. The summed E-state index contributed by atoms with van der Waals surface area (Å²) < 4.78 is 25.7. The Morgan fingerprint density at radius 2 is 1.63 bits per heavy atom. The van der Waals surface area contributed by atoms with Gasteiger partial charge in [-0.05, 0) is 50.1 Å². The zero-order chi connectivity index (χ0) is 36.4. The van der Waals surface area contributed by atoms with E-state index in [1.54, 1.807) is 12.0 Å². The highest BCUT2D eigenvalue weighted by Crippen LogP contribution is 2.25. The summed E-state index contributed by atoms with van der Waals surface area (Å²) in [5.41, 5.74) is 7.39. The number of nitrogens with two attached hydrogens (primary N) is 1. The van der Waals surface area contributed by atoms with E-state index in [0.717, 1.165) is 53.5 Å². The number of nitrogens with zero attached hydrogens (tertiary/aromatic N) is 4. The number of aromatic nitrogens is 1. The van der Waals surface area contributed by atoms with Crippen LogP contribution < -0.4 is 21.0 Å². The van der Waals surface area contributed by atoms with Gasteiger partial charge < -0.3 is 34.1 Å². The summed E-state index contributed by atoms with van der Waals surface area (Å²) in [5, 5.41) is 1.85. The molecule has 0 atom stereocenters. The molecule has 49 heavy (non-hydrogen) atoms. The minimum absolute atomic E-state index is 0.0288. The second-order valence-corrected chi connectivity index (χ2v) is 16.0. The molecule has 1 amide bonds. The van der Waals surface area contributed by atoms with Gasteiger partial charge in [0.05, 0.1) is 45.4 Å². The van der Waals surface area contributed by atoms with Gasteiger partial charge in [-0.25, -0.2) is 9.79 Å². The van der Waals surface area contributed by atoms with Crippen LogP contribution in [0.25, 0.3) is 11.7 Å². The maximum atomic E-state index is 12.4. The average Bonchev–Trinajstić information content (AvgIpc) is 3.36. The van der Waals surface area contributed by atoms with E-state index in [1.807, 2.05) is 50.6 Å². The lowest BCUT2D eigenvalue weighted by Crippen LogP contribution is -2.52. The van der Waals surface area contributed by atoms with Crippen LogP contribution in [-0.4, -0.2) is 91.6 Å². The number of ether oxygens (including phenoxy) is 4. The van der Waals surface area contributed by atoms with Crippen LogP contribution in [0.4, 0.5) is 4.79 Å². The number of rotatable bonds is 16. The lowest BCUT2D eigenvalue weighted by atomic mass is 9.92. The van der Waals surface area contributed by atoms with Crippen molar-refractivity contribution in [1.29, 1.82) is 0 Å². The molecule has 2 heterocycles. The third-order valence-electron chi connectivity index (χ3n) is 8.11. The Labute approximate surface area is 298 Å². The van der Waals surface area contributed by atoms with Gasteiger partial charge in [-0.3, -0.25) is 4.90 Å². The van der Waals surface area contributed by atoms with Crippen molar-refractivity contribution in [2.24, 2.45) is 21.6 Å². The molecule has 0 radical (unpaired) electrons. The molecule has 1 aliphatic heterocycles. The van der Waals surface area contributed by atoms with Crippen LogP contribution in [-0.2, 0) is 27.4 Å². The maximum Gasteiger partial charge on any atom is 0.410 e. The second kappa shape index (κ2) is 17.7. The van der Waals surface area contributed by atoms with Crippen LogP contribution in [0.3, 0.4) is 0 Å². The zero-order valence-electron chi connectivity index (χ0n) is 31.4. The van der Waals surface area contributed by atoms with Crippen LogP contribution in [0, 0.1) is 10.8 Å². The van der Waals surface area contributed by atoms with Crippen molar-refractivity contribution in [1.82, 2.24) is 14.4 Å². The van der Waals surface area contributed by atoms with Gasteiger partial charge in [0.2, 0.25) is 0 Å². The minimum Gasteiger partial charge on any atom is -0.496 e. The van der Waals surface area contributed by atoms with Gasteiger partial charge in [0, 0.05) is 61.7 Å². The number of piperazine rings is 1. The molecule has 0 saturated carbocycles. The van der Waals surface area contributed by atoms with E-state index in [1.165, 1.54) is 0 Å². The fraction of sp³-hybridized carbons (Fsp3) is 0.632. The first kappa shape index (κ1) is 40.4. The summed E-state index contributed by atoms with van der Waals surface area (Å²) in [6.07, 6.45) is 3.30. The highest BCUT2D eigenvalue weighted by atomic mass is 35.5. The van der Waals surface area contributed by atoms with Crippen LogP contribution in [0.2, 0.25) is 0 Å². The molecule has 1 saturated heterocycles. The van der Waals surface area contributed by atoms with Gasteiger partial charge in [0.15, 0.2) is 5.16 Å². The number of hydrogen-bond donors (Lipinski definition) is 1. The van der Waals surface area contributed by atoms with Crippen molar-refractivity contribution in [3.8, 4) is 5.75 Å². The molecule has 1 aromatic heterocycles. The number of hydrogen-bond acceptors (Lipinski definition) is 7. The number of carbonyl (C=O) groups is 1. The van der Waals surface area contributed by atoms with Crippen molar-refractivity contribution < 1.29 is 23.7 Å². The molecule has 2 N–H and O–H groups in total. The van der Waals surface area contributed by atoms with Crippen LogP contribution in [0.15, 0.2) is 35.5 Å². The Hall–Kier alpha value is -3.05. The third kappa shape index (κ3) is 13.3. The fourth-order valence-corrected chi connectivity index (χ4v) is 6.08. The first-order chi connectivity index (χ1) is 22.9. The van der Waals surface area contributed by atoms with Crippen LogP contribution in [0.5, 0.6) is 5.75 Å². The average molecular weight is 702 g/mol. The predicted molar refractivity (Wildman–Crippen MR) is 199 cm³/mol. The van der Waals surface area contributed by atoms with Gasteiger partial charge in [0.1, 0.15) is 17.2 Å². The summed E-state index contributed by atoms with van der Waals surface area (Å²) in [6, 6.07) is 8.06. The second-order valence-electron chi connectivity index (χ2n) is 15.7. The van der Waals surface area contributed by atoms with E-state index in [4.69, 9.17) is 36.3 Å². The van der Waals surface area contributed by atoms with Gasteiger partial charge in [-0.15, -0.1) is 0 Å². The molecule has 11 heteroatoms. The van der Waals surface area contributed by atoms with E-state index < -0.39 is 5.60 Å². The fourth-order valence-electron chi connectivity index (χ4n) is 5.74. The van der Waals surface area contributed by atoms with Crippen molar-refractivity contribution in [3.05, 3.63) is 52.2 Å². The summed E-state index contributed by atoms with van der Waals surface area (Å²) in [5.74, 6) is 1.27. The lowest BCUT2D eigenvalue weighted by molar-refractivity contribution is -0.0375. The molecular weight excluding hydrogens is 642 g/mol. The highest BCUT2D eigenvalue weighted by Gasteiger charge is 2.30. The van der Waals surface area contributed by atoms with E-state index in [9.17, 15) is 4.79 Å². The number of halogens is 1. The summed E-state index contributed by atoms with van der Waals surface area (Å²) in [4.78, 5) is 21.0. The zero-order valence-corrected chi connectivity index (χ0v) is 32.1. The molecule has 1 aliphatic rings. The number of carbonyl (C=O) groups excluding carboxylic acids is 1. The minimum atomic E-state index is -0.479. The van der Waals surface area contributed by atoms with E-state index in [2.05, 4.69) is 56.3 Å². The molecule has 0 bridgehead atoms. The van der Waals surface area contributed by atoms with Gasteiger partial charge in [-0.1, -0.05) is 64.9 Å². The Morgan fingerprint density at radius 1 is 0.980 bits per heavy atom. The van der Waals surface area contributed by atoms with Crippen molar-refractivity contribution in [3.63, 3.8) is 0 Å². The monoisotopic (exact) mass is 701 g/mol. The van der Waals surface area contributed by atoms with Crippen LogP contribution >= 0.6 is 11.6 Å². The predicted octanol–water partition coefficient (Wildman–Crippen LogP) is 5.56. The quantitative estimate of drug-likeness (QED) is 0.139. The molecule has 1 aromatic carbocycles. The SMILES string of the molecule is C=c1ccn(Cc2ccc(COCC(C)(C)COCC(C)(C)CN3CCN(C(=O)OC(C)(C)C)CC3)cc2OC)/c1=C(Cl)/N=C(/N)CCC. The van der Waals surface area contributed by atoms with Crippen molar-refractivity contribution in [2.75, 3.05) is 59.7 Å². The Kier molecular flexibility index (Phi) is 14.6. The standard InChI is InChI=1S/C38H60ClN5O5/c1-11-12-32(40)41-34(39)33-28(2)15-16-44(33)22-30-14-13-29(21-31(30)46-10)23-47-26-38(8,9)27-48-25-37(6,7)24-42-17-19-43(20-18-42)35(45)49-36(3,4)5/h13-16,21H,2,11-12,17-20,22-27H2,1,3-10H3,(H2,40,41)/b34-33+. The third-order valence-corrected chi connectivity index (χ3v) is 8.37. The molecule has 1 fully saturated rings. The summed E-state index contributed by atoms with van der Waals surface area (Å²) >= 11 is 6.58. The van der Waals surface area contributed by atoms with Gasteiger partial charge >= 0.3 is 6.09 Å². The van der Waals surface area contributed by atoms with Crippen LogP contribution in [0.1, 0.15) is 79.4 Å². The van der Waals surface area contributed by atoms with Crippen molar-refractivity contribution in [2.45, 2.75) is 87.0 Å². The smallest absolute Gasteiger partial charge is 0.410 e. The molecule has 10 nitrogen and oxygen atoms in total. The molecule has 3 rings (SSSR count).